The predicted octanol–water partition coefficient (Wildman–Crippen LogP) is 2.44. The van der Waals surface area contributed by atoms with Crippen LogP contribution in [0.4, 0.5) is 5.69 Å². The van der Waals surface area contributed by atoms with Gasteiger partial charge in [-0.25, -0.2) is 5.10 Å². The van der Waals surface area contributed by atoms with E-state index in [4.69, 9.17) is 0 Å². The summed E-state index contributed by atoms with van der Waals surface area (Å²) in [6.07, 6.45) is 5.86. The van der Waals surface area contributed by atoms with Crippen LogP contribution in [0.15, 0.2) is 47.5 Å². The Kier molecular flexibility index (Phi) is 3.65. The van der Waals surface area contributed by atoms with E-state index in [9.17, 15) is 4.79 Å². The number of H-pyrrole nitrogens is 1. The van der Waals surface area contributed by atoms with Crippen molar-refractivity contribution in [1.29, 1.82) is 0 Å². The standard InChI is InChI=1S/C18H19N5O/c1-22-15(8-9-20-22)13-4-6-14(7-5-13)17-16(12-19-21-18(17)24)23-10-2-3-11-23/h4-9,12H,2-3,10-11H2,1H3,(H,21,24). The molecule has 6 heteroatoms. The van der Waals surface area contributed by atoms with Crippen molar-refractivity contribution in [3.8, 4) is 22.4 Å². The van der Waals surface area contributed by atoms with Crippen molar-refractivity contribution in [2.24, 2.45) is 7.05 Å². The lowest BCUT2D eigenvalue weighted by atomic mass is 10.0. The normalized spacial score (nSPS) is 14.3. The molecule has 3 heterocycles. The molecule has 1 aliphatic rings. The Morgan fingerprint density at radius 3 is 2.42 bits per heavy atom. The van der Waals surface area contributed by atoms with E-state index >= 15 is 0 Å². The molecule has 0 aliphatic carbocycles. The minimum atomic E-state index is -0.146. The molecule has 1 aromatic carbocycles. The fourth-order valence-corrected chi connectivity index (χ4v) is 3.33. The van der Waals surface area contributed by atoms with Crippen LogP contribution in [0.1, 0.15) is 12.8 Å². The summed E-state index contributed by atoms with van der Waals surface area (Å²) in [5.74, 6) is 0. The molecule has 0 radical (unpaired) electrons. The topological polar surface area (TPSA) is 66.8 Å². The van der Waals surface area contributed by atoms with Gasteiger partial charge in [0, 0.05) is 26.3 Å². The zero-order chi connectivity index (χ0) is 16.5. The van der Waals surface area contributed by atoms with Crippen LogP contribution in [0, 0.1) is 0 Å². The highest BCUT2D eigenvalue weighted by molar-refractivity contribution is 5.78. The number of benzene rings is 1. The first-order valence-electron chi connectivity index (χ1n) is 8.15. The minimum Gasteiger partial charge on any atom is -0.370 e. The molecule has 1 fully saturated rings. The molecule has 1 aliphatic heterocycles. The zero-order valence-electron chi connectivity index (χ0n) is 13.6. The maximum atomic E-state index is 12.4. The van der Waals surface area contributed by atoms with Gasteiger partial charge in [-0.3, -0.25) is 9.48 Å². The van der Waals surface area contributed by atoms with Crippen LogP contribution in [-0.4, -0.2) is 33.1 Å². The summed E-state index contributed by atoms with van der Waals surface area (Å²) >= 11 is 0. The Morgan fingerprint density at radius 1 is 1.04 bits per heavy atom. The van der Waals surface area contributed by atoms with Crippen LogP contribution in [0.2, 0.25) is 0 Å². The monoisotopic (exact) mass is 321 g/mol. The highest BCUT2D eigenvalue weighted by Crippen LogP contribution is 2.30. The molecule has 24 heavy (non-hydrogen) atoms. The van der Waals surface area contributed by atoms with Gasteiger partial charge in [0.2, 0.25) is 0 Å². The SMILES string of the molecule is Cn1nccc1-c1ccc(-c2c(N3CCCC3)cn[nH]c2=O)cc1. The van der Waals surface area contributed by atoms with Gasteiger partial charge >= 0.3 is 0 Å². The number of aryl methyl sites for hydroxylation is 1. The fraction of sp³-hybridized carbons (Fsp3) is 0.278. The van der Waals surface area contributed by atoms with Crippen molar-refractivity contribution in [3.63, 3.8) is 0 Å². The second kappa shape index (κ2) is 5.96. The number of nitrogens with one attached hydrogen (secondary N) is 1. The first-order chi connectivity index (χ1) is 11.7. The lowest BCUT2D eigenvalue weighted by molar-refractivity contribution is 0.776. The van der Waals surface area contributed by atoms with Gasteiger partial charge in [-0.05, 0) is 30.0 Å². The van der Waals surface area contributed by atoms with Gasteiger partial charge in [0.25, 0.3) is 5.56 Å². The maximum Gasteiger partial charge on any atom is 0.274 e. The molecule has 3 aromatic rings. The van der Waals surface area contributed by atoms with E-state index in [1.54, 1.807) is 12.4 Å². The summed E-state index contributed by atoms with van der Waals surface area (Å²) in [4.78, 5) is 14.6. The smallest absolute Gasteiger partial charge is 0.274 e. The molecule has 0 amide bonds. The van der Waals surface area contributed by atoms with E-state index in [-0.39, 0.29) is 5.56 Å². The van der Waals surface area contributed by atoms with Gasteiger partial charge in [0.15, 0.2) is 0 Å². The third-order valence-corrected chi connectivity index (χ3v) is 4.57. The van der Waals surface area contributed by atoms with Crippen LogP contribution < -0.4 is 10.5 Å². The van der Waals surface area contributed by atoms with E-state index in [0.29, 0.717) is 5.56 Å². The minimum absolute atomic E-state index is 0.146. The van der Waals surface area contributed by atoms with Crippen LogP contribution >= 0.6 is 0 Å². The van der Waals surface area contributed by atoms with E-state index in [1.807, 2.05) is 42.1 Å². The second-order valence-electron chi connectivity index (χ2n) is 6.07. The van der Waals surface area contributed by atoms with Gasteiger partial charge in [-0.2, -0.15) is 10.2 Å². The maximum absolute atomic E-state index is 12.4. The van der Waals surface area contributed by atoms with Crippen LogP contribution in [0.5, 0.6) is 0 Å². The molecule has 0 saturated carbocycles. The fourth-order valence-electron chi connectivity index (χ4n) is 3.33. The quantitative estimate of drug-likeness (QED) is 0.804. The number of aromatic nitrogens is 4. The van der Waals surface area contributed by atoms with Crippen molar-refractivity contribution >= 4 is 5.69 Å². The molecule has 4 rings (SSSR count). The average Bonchev–Trinajstić information content (AvgIpc) is 3.26. The summed E-state index contributed by atoms with van der Waals surface area (Å²) in [5.41, 5.74) is 4.50. The number of aromatic amines is 1. The zero-order valence-corrected chi connectivity index (χ0v) is 13.6. The molecule has 2 aromatic heterocycles. The lowest BCUT2D eigenvalue weighted by Crippen LogP contribution is -2.23. The number of nitrogens with zero attached hydrogens (tertiary/aromatic N) is 4. The number of rotatable bonds is 3. The molecule has 0 spiro atoms. The van der Waals surface area contributed by atoms with E-state index in [0.717, 1.165) is 48.4 Å². The molecular formula is C18H19N5O. The molecule has 0 bridgehead atoms. The third kappa shape index (κ3) is 2.50. The number of anilines is 1. The summed E-state index contributed by atoms with van der Waals surface area (Å²) in [7, 11) is 1.92. The van der Waals surface area contributed by atoms with Gasteiger partial charge in [0.1, 0.15) is 0 Å². The van der Waals surface area contributed by atoms with Crippen LogP contribution in [0.25, 0.3) is 22.4 Å². The van der Waals surface area contributed by atoms with Crippen molar-refractivity contribution in [3.05, 3.63) is 53.1 Å². The average molecular weight is 321 g/mol. The van der Waals surface area contributed by atoms with Gasteiger partial charge < -0.3 is 4.90 Å². The molecule has 6 nitrogen and oxygen atoms in total. The number of hydrogen-bond donors (Lipinski definition) is 1. The van der Waals surface area contributed by atoms with Gasteiger partial charge in [-0.15, -0.1) is 0 Å². The highest BCUT2D eigenvalue weighted by Gasteiger charge is 2.19. The first-order valence-corrected chi connectivity index (χ1v) is 8.15. The Balaban J connectivity index is 1.77. The largest absolute Gasteiger partial charge is 0.370 e. The molecule has 0 unspecified atom stereocenters. The van der Waals surface area contributed by atoms with Crippen molar-refractivity contribution in [2.75, 3.05) is 18.0 Å². The summed E-state index contributed by atoms with van der Waals surface area (Å²) in [6.45, 7) is 1.95. The van der Waals surface area contributed by atoms with Gasteiger partial charge in [-0.1, -0.05) is 24.3 Å². The van der Waals surface area contributed by atoms with Crippen molar-refractivity contribution in [2.45, 2.75) is 12.8 Å². The molecule has 122 valence electrons. The molecule has 0 atom stereocenters. The Bertz CT molecular complexity index is 904. The summed E-state index contributed by atoms with van der Waals surface area (Å²) in [6, 6.07) is 10.0. The Hall–Kier alpha value is -2.89. The van der Waals surface area contributed by atoms with E-state index in [1.165, 1.54) is 0 Å². The van der Waals surface area contributed by atoms with E-state index < -0.39 is 0 Å². The Labute approximate surface area is 139 Å². The van der Waals surface area contributed by atoms with Crippen molar-refractivity contribution < 1.29 is 0 Å². The molecular weight excluding hydrogens is 302 g/mol. The van der Waals surface area contributed by atoms with Crippen molar-refractivity contribution in [1.82, 2.24) is 20.0 Å². The Morgan fingerprint density at radius 2 is 1.75 bits per heavy atom. The summed E-state index contributed by atoms with van der Waals surface area (Å²) in [5, 5.41) is 10.8. The summed E-state index contributed by atoms with van der Waals surface area (Å²) < 4.78 is 1.84. The predicted molar refractivity (Wildman–Crippen MR) is 93.9 cm³/mol. The third-order valence-electron chi connectivity index (χ3n) is 4.57. The lowest BCUT2D eigenvalue weighted by Gasteiger charge is -2.20. The van der Waals surface area contributed by atoms with Gasteiger partial charge in [0.05, 0.1) is 23.1 Å². The van der Waals surface area contributed by atoms with Crippen LogP contribution in [0.3, 0.4) is 0 Å². The highest BCUT2D eigenvalue weighted by atomic mass is 16.1. The molecule has 1 N–H and O–H groups in total. The first kappa shape index (κ1) is 14.7. The number of hydrogen-bond acceptors (Lipinski definition) is 4. The van der Waals surface area contributed by atoms with E-state index in [2.05, 4.69) is 20.2 Å². The van der Waals surface area contributed by atoms with Crippen LogP contribution in [-0.2, 0) is 7.05 Å². The molecule has 1 saturated heterocycles. The second-order valence-corrected chi connectivity index (χ2v) is 6.07.